The van der Waals surface area contributed by atoms with Crippen molar-refractivity contribution in [2.24, 2.45) is 0 Å². The molecule has 2 aromatic heterocycles. The van der Waals surface area contributed by atoms with Gasteiger partial charge in [0.15, 0.2) is 5.65 Å². The molecule has 0 saturated heterocycles. The Morgan fingerprint density at radius 3 is 2.27 bits per heavy atom. The number of hydrogen-bond donors (Lipinski definition) is 1. The van der Waals surface area contributed by atoms with E-state index in [4.69, 9.17) is 5.73 Å². The number of halogens is 1. The Hall–Kier alpha value is -1.29. The van der Waals surface area contributed by atoms with Crippen LogP contribution < -0.4 is 5.73 Å². The molecule has 0 radical (unpaired) electrons. The molecule has 0 atom stereocenters. The summed E-state index contributed by atoms with van der Waals surface area (Å²) in [5, 5.41) is 4.34. The molecular weight excluding hydrogens is 212 g/mol. The Kier molecular flexibility index (Phi) is 2.90. The van der Waals surface area contributed by atoms with Gasteiger partial charge in [-0.05, 0) is 33.3 Å². The third kappa shape index (κ3) is 1.55. The van der Waals surface area contributed by atoms with Crippen LogP contribution in [-0.2, 0) is 0 Å². The van der Waals surface area contributed by atoms with Crippen molar-refractivity contribution in [3.05, 3.63) is 22.6 Å². The van der Waals surface area contributed by atoms with Gasteiger partial charge in [-0.25, -0.2) is 9.50 Å². The van der Waals surface area contributed by atoms with E-state index >= 15 is 0 Å². The second-order valence-corrected chi connectivity index (χ2v) is 3.64. The van der Waals surface area contributed by atoms with Crippen LogP contribution in [0.15, 0.2) is 0 Å². The summed E-state index contributed by atoms with van der Waals surface area (Å²) in [6.07, 6.45) is 0. The SMILES string of the molecule is Cc1nc2c(N)c(C)nn2c(C)c1C.Cl. The predicted molar refractivity (Wildman–Crippen MR) is 63.6 cm³/mol. The van der Waals surface area contributed by atoms with E-state index in [2.05, 4.69) is 10.1 Å². The van der Waals surface area contributed by atoms with Crippen LogP contribution in [0.3, 0.4) is 0 Å². The zero-order valence-electron chi connectivity index (χ0n) is 9.33. The molecule has 0 aliphatic carbocycles. The number of hydrogen-bond acceptors (Lipinski definition) is 3. The van der Waals surface area contributed by atoms with Crippen LogP contribution in [0.4, 0.5) is 5.69 Å². The third-order valence-corrected chi connectivity index (χ3v) is 2.76. The molecule has 0 spiro atoms. The summed E-state index contributed by atoms with van der Waals surface area (Å²) in [4.78, 5) is 4.43. The van der Waals surface area contributed by atoms with Crippen LogP contribution in [0.1, 0.15) is 22.6 Å². The fourth-order valence-corrected chi connectivity index (χ4v) is 1.53. The highest BCUT2D eigenvalue weighted by atomic mass is 35.5. The number of rotatable bonds is 0. The summed E-state index contributed by atoms with van der Waals surface area (Å²) >= 11 is 0. The predicted octanol–water partition coefficient (Wildman–Crippen LogP) is 1.97. The average molecular weight is 227 g/mol. The Bertz CT molecular complexity index is 516. The van der Waals surface area contributed by atoms with Crippen molar-refractivity contribution in [2.45, 2.75) is 27.7 Å². The first kappa shape index (κ1) is 11.8. The molecule has 82 valence electrons. The van der Waals surface area contributed by atoms with Crippen molar-refractivity contribution in [3.63, 3.8) is 0 Å². The van der Waals surface area contributed by atoms with Gasteiger partial charge in [-0.3, -0.25) is 0 Å². The number of aromatic nitrogens is 3. The number of nitrogens with two attached hydrogens (primary N) is 1. The number of fused-ring (bicyclic) bond motifs is 1. The topological polar surface area (TPSA) is 56.2 Å². The number of anilines is 1. The van der Waals surface area contributed by atoms with Crippen LogP contribution in [0.5, 0.6) is 0 Å². The first-order valence-electron chi connectivity index (χ1n) is 4.61. The summed E-state index contributed by atoms with van der Waals surface area (Å²) in [5.41, 5.74) is 11.4. The molecule has 0 bridgehead atoms. The van der Waals surface area contributed by atoms with Crippen LogP contribution in [0.25, 0.3) is 5.65 Å². The third-order valence-electron chi connectivity index (χ3n) is 2.76. The van der Waals surface area contributed by atoms with Gasteiger partial charge < -0.3 is 5.73 Å². The van der Waals surface area contributed by atoms with Crippen LogP contribution in [-0.4, -0.2) is 14.6 Å². The lowest BCUT2D eigenvalue weighted by molar-refractivity contribution is 0.856. The smallest absolute Gasteiger partial charge is 0.179 e. The van der Waals surface area contributed by atoms with E-state index in [1.54, 1.807) is 0 Å². The van der Waals surface area contributed by atoms with Crippen LogP contribution in [0.2, 0.25) is 0 Å². The van der Waals surface area contributed by atoms with Gasteiger partial charge in [0.05, 0.1) is 5.69 Å². The highest BCUT2D eigenvalue weighted by molar-refractivity contribution is 5.85. The van der Waals surface area contributed by atoms with Crippen molar-refractivity contribution in [2.75, 3.05) is 5.73 Å². The lowest BCUT2D eigenvalue weighted by Gasteiger charge is -2.05. The van der Waals surface area contributed by atoms with Gasteiger partial charge in [0.1, 0.15) is 5.69 Å². The Labute approximate surface area is 94.9 Å². The van der Waals surface area contributed by atoms with Gasteiger partial charge in [0.25, 0.3) is 0 Å². The van der Waals surface area contributed by atoms with E-state index in [1.807, 2.05) is 32.2 Å². The van der Waals surface area contributed by atoms with Gasteiger partial charge >= 0.3 is 0 Å². The first-order valence-corrected chi connectivity index (χ1v) is 4.61. The highest BCUT2D eigenvalue weighted by Crippen LogP contribution is 2.20. The standard InChI is InChI=1S/C10H14N4.ClH/c1-5-6(2)12-10-9(11)7(3)13-14(10)8(5)4;/h11H2,1-4H3;1H. The van der Waals surface area contributed by atoms with E-state index in [0.717, 1.165) is 22.7 Å². The number of aryl methyl sites for hydroxylation is 3. The van der Waals surface area contributed by atoms with Gasteiger partial charge in [0.2, 0.25) is 0 Å². The molecule has 4 nitrogen and oxygen atoms in total. The van der Waals surface area contributed by atoms with E-state index in [1.165, 1.54) is 5.56 Å². The molecule has 0 fully saturated rings. The second kappa shape index (κ2) is 3.70. The molecule has 2 rings (SSSR count). The molecule has 2 aromatic rings. The molecule has 0 saturated carbocycles. The minimum absolute atomic E-state index is 0. The van der Waals surface area contributed by atoms with Gasteiger partial charge in [-0.1, -0.05) is 0 Å². The Morgan fingerprint density at radius 1 is 1.07 bits per heavy atom. The van der Waals surface area contributed by atoms with Gasteiger partial charge in [-0.2, -0.15) is 5.10 Å². The summed E-state index contributed by atoms with van der Waals surface area (Å²) in [6, 6.07) is 0. The zero-order chi connectivity index (χ0) is 10.5. The van der Waals surface area contributed by atoms with Crippen molar-refractivity contribution >= 4 is 23.7 Å². The van der Waals surface area contributed by atoms with Crippen molar-refractivity contribution in [1.29, 1.82) is 0 Å². The highest BCUT2D eigenvalue weighted by Gasteiger charge is 2.11. The van der Waals surface area contributed by atoms with E-state index in [-0.39, 0.29) is 12.4 Å². The van der Waals surface area contributed by atoms with Crippen molar-refractivity contribution < 1.29 is 0 Å². The van der Waals surface area contributed by atoms with Crippen LogP contribution >= 0.6 is 12.4 Å². The second-order valence-electron chi connectivity index (χ2n) is 3.64. The Morgan fingerprint density at radius 2 is 1.67 bits per heavy atom. The molecule has 0 unspecified atom stereocenters. The maximum Gasteiger partial charge on any atom is 0.179 e. The zero-order valence-corrected chi connectivity index (χ0v) is 10.1. The molecule has 0 aliphatic heterocycles. The fourth-order valence-electron chi connectivity index (χ4n) is 1.53. The normalized spacial score (nSPS) is 10.4. The fraction of sp³-hybridized carbons (Fsp3) is 0.400. The molecule has 2 heterocycles. The monoisotopic (exact) mass is 226 g/mol. The van der Waals surface area contributed by atoms with Gasteiger partial charge in [0, 0.05) is 11.4 Å². The minimum atomic E-state index is 0. The summed E-state index contributed by atoms with van der Waals surface area (Å²) in [7, 11) is 0. The van der Waals surface area contributed by atoms with Gasteiger partial charge in [-0.15, -0.1) is 12.4 Å². The van der Waals surface area contributed by atoms with E-state index in [0.29, 0.717) is 5.69 Å². The molecule has 0 aromatic carbocycles. The maximum absolute atomic E-state index is 5.88. The lowest BCUT2D eigenvalue weighted by atomic mass is 10.2. The minimum Gasteiger partial charge on any atom is -0.394 e. The molecule has 5 heteroatoms. The molecule has 0 amide bonds. The molecule has 2 N–H and O–H groups in total. The first-order chi connectivity index (χ1) is 6.52. The van der Waals surface area contributed by atoms with Crippen molar-refractivity contribution in [1.82, 2.24) is 14.6 Å². The number of nitrogens with zero attached hydrogens (tertiary/aromatic N) is 3. The summed E-state index contributed by atoms with van der Waals surface area (Å²) in [6.45, 7) is 7.96. The van der Waals surface area contributed by atoms with E-state index < -0.39 is 0 Å². The van der Waals surface area contributed by atoms with Crippen molar-refractivity contribution in [3.8, 4) is 0 Å². The molecular formula is C10H15ClN4. The quantitative estimate of drug-likeness (QED) is 0.747. The average Bonchev–Trinajstić information content (AvgIpc) is 2.42. The van der Waals surface area contributed by atoms with E-state index in [9.17, 15) is 0 Å². The molecule has 15 heavy (non-hydrogen) atoms. The lowest BCUT2D eigenvalue weighted by Crippen LogP contribution is -2.02. The summed E-state index contributed by atoms with van der Waals surface area (Å²) in [5.74, 6) is 0. The van der Waals surface area contributed by atoms with Crippen LogP contribution in [0, 0.1) is 27.7 Å². The maximum atomic E-state index is 5.88. The Balaban J connectivity index is 0.00000112. The summed E-state index contributed by atoms with van der Waals surface area (Å²) < 4.78 is 1.81. The largest absolute Gasteiger partial charge is 0.394 e. The number of nitrogen functional groups attached to an aromatic ring is 1. The molecule has 0 aliphatic rings.